The number of halogens is 1. The predicted octanol–water partition coefficient (Wildman–Crippen LogP) is 5.17. The number of nitrogens with one attached hydrogen (secondary N) is 2. The Morgan fingerprint density at radius 3 is 2.11 bits per heavy atom. The Morgan fingerprint density at radius 1 is 0.964 bits per heavy atom. The van der Waals surface area contributed by atoms with Crippen LogP contribution in [0, 0.1) is 18.8 Å². The topological polar surface area (TPSA) is 61.4 Å². The molecule has 5 nitrogen and oxygen atoms in total. The number of piperidine rings is 1. The number of benzene rings is 2. The van der Waals surface area contributed by atoms with Crippen LogP contribution in [-0.2, 0) is 4.79 Å². The zero-order valence-electron chi connectivity index (χ0n) is 16.2. The second-order valence-corrected chi connectivity index (χ2v) is 7.84. The summed E-state index contributed by atoms with van der Waals surface area (Å²) in [5, 5.41) is 6.53. The molecule has 2 N–H and O–H groups in total. The molecule has 2 aromatic rings. The van der Waals surface area contributed by atoms with Crippen molar-refractivity contribution in [1.29, 1.82) is 0 Å². The van der Waals surface area contributed by atoms with Gasteiger partial charge in [-0.25, -0.2) is 4.79 Å². The molecule has 0 saturated carbocycles. The molecule has 6 heteroatoms. The molecular formula is C22H26ClN3O2. The Bertz CT molecular complexity index is 813. The Labute approximate surface area is 171 Å². The van der Waals surface area contributed by atoms with Crippen LogP contribution in [-0.4, -0.2) is 29.9 Å². The first-order chi connectivity index (χ1) is 13.4. The lowest BCUT2D eigenvalue weighted by Gasteiger charge is -2.34. The quantitative estimate of drug-likeness (QED) is 0.745. The van der Waals surface area contributed by atoms with Crippen molar-refractivity contribution in [3.8, 4) is 0 Å². The molecule has 1 aliphatic rings. The summed E-state index contributed by atoms with van der Waals surface area (Å²) < 4.78 is 0. The van der Waals surface area contributed by atoms with E-state index in [1.54, 1.807) is 24.3 Å². The smallest absolute Gasteiger partial charge is 0.321 e. The fourth-order valence-corrected chi connectivity index (χ4v) is 3.57. The zero-order chi connectivity index (χ0) is 20.1. The van der Waals surface area contributed by atoms with E-state index in [0.717, 1.165) is 29.8 Å². The van der Waals surface area contributed by atoms with Gasteiger partial charge in [0.2, 0.25) is 5.91 Å². The van der Waals surface area contributed by atoms with Gasteiger partial charge in [0.25, 0.3) is 0 Å². The number of carbonyl (C=O) groups is 2. The normalized spacial score (nSPS) is 15.8. The summed E-state index contributed by atoms with van der Waals surface area (Å²) in [4.78, 5) is 26.8. The van der Waals surface area contributed by atoms with Crippen LogP contribution in [0.2, 0.25) is 5.02 Å². The van der Waals surface area contributed by atoms with E-state index in [4.69, 9.17) is 11.6 Å². The average molecular weight is 400 g/mol. The lowest BCUT2D eigenvalue weighted by Crippen LogP contribution is -2.43. The molecule has 0 aliphatic carbocycles. The van der Waals surface area contributed by atoms with Crippen molar-refractivity contribution in [2.45, 2.75) is 26.7 Å². The molecule has 0 spiro atoms. The van der Waals surface area contributed by atoms with Gasteiger partial charge in [-0.3, -0.25) is 4.79 Å². The van der Waals surface area contributed by atoms with E-state index in [0.29, 0.717) is 18.1 Å². The van der Waals surface area contributed by atoms with Crippen molar-refractivity contribution in [2.75, 3.05) is 23.7 Å². The van der Waals surface area contributed by atoms with E-state index in [1.807, 2.05) is 43.0 Å². The summed E-state index contributed by atoms with van der Waals surface area (Å²) >= 11 is 5.88. The highest BCUT2D eigenvalue weighted by Gasteiger charge is 2.29. The number of likely N-dealkylation sites (tertiary alicyclic amines) is 1. The van der Waals surface area contributed by atoms with Crippen molar-refractivity contribution in [1.82, 2.24) is 4.90 Å². The molecule has 0 aromatic heterocycles. The molecule has 0 unspecified atom stereocenters. The summed E-state index contributed by atoms with van der Waals surface area (Å²) in [7, 11) is 0. The number of amides is 3. The largest absolute Gasteiger partial charge is 0.326 e. The molecule has 1 heterocycles. The molecule has 0 bridgehead atoms. The van der Waals surface area contributed by atoms with E-state index in [9.17, 15) is 9.59 Å². The highest BCUT2D eigenvalue weighted by Crippen LogP contribution is 2.27. The van der Waals surface area contributed by atoms with Crippen molar-refractivity contribution in [2.24, 2.45) is 11.8 Å². The number of hydrogen-bond acceptors (Lipinski definition) is 2. The van der Waals surface area contributed by atoms with Crippen LogP contribution in [0.5, 0.6) is 0 Å². The van der Waals surface area contributed by atoms with E-state index in [2.05, 4.69) is 10.6 Å². The van der Waals surface area contributed by atoms with E-state index < -0.39 is 0 Å². The molecule has 0 radical (unpaired) electrons. The predicted molar refractivity (Wildman–Crippen MR) is 114 cm³/mol. The van der Waals surface area contributed by atoms with Crippen molar-refractivity contribution >= 4 is 34.9 Å². The highest BCUT2D eigenvalue weighted by molar-refractivity contribution is 6.30. The van der Waals surface area contributed by atoms with Gasteiger partial charge in [0, 0.05) is 35.4 Å². The third-order valence-electron chi connectivity index (χ3n) is 5.36. The maximum atomic E-state index is 12.5. The number of urea groups is 1. The van der Waals surface area contributed by atoms with Crippen LogP contribution >= 0.6 is 11.6 Å². The van der Waals surface area contributed by atoms with Gasteiger partial charge in [-0.05, 0) is 62.1 Å². The number of hydrogen-bond donors (Lipinski definition) is 2. The van der Waals surface area contributed by atoms with E-state index in [-0.39, 0.29) is 23.8 Å². The monoisotopic (exact) mass is 399 g/mol. The SMILES string of the molecule is Cc1ccc(NC(=O)N2CCC([C@@H](C)C(=O)Nc3ccc(Cl)cc3)CC2)cc1. The van der Waals surface area contributed by atoms with Crippen LogP contribution in [0.1, 0.15) is 25.3 Å². The minimum Gasteiger partial charge on any atom is -0.326 e. The van der Waals surface area contributed by atoms with Crippen LogP contribution < -0.4 is 10.6 Å². The maximum absolute atomic E-state index is 12.5. The third-order valence-corrected chi connectivity index (χ3v) is 5.61. The summed E-state index contributed by atoms with van der Waals surface area (Å²) in [5.74, 6) is 0.151. The lowest BCUT2D eigenvalue weighted by molar-refractivity contribution is -0.121. The molecule has 148 valence electrons. The van der Waals surface area contributed by atoms with Crippen LogP contribution in [0.25, 0.3) is 0 Å². The fraction of sp³-hybridized carbons (Fsp3) is 0.364. The molecule has 2 aromatic carbocycles. The molecule has 3 amide bonds. The van der Waals surface area contributed by atoms with E-state index in [1.165, 1.54) is 0 Å². The molecule has 1 saturated heterocycles. The lowest BCUT2D eigenvalue weighted by atomic mass is 9.85. The fourth-order valence-electron chi connectivity index (χ4n) is 3.45. The van der Waals surface area contributed by atoms with Gasteiger partial charge in [0.1, 0.15) is 0 Å². The first kappa shape index (κ1) is 20.2. The highest BCUT2D eigenvalue weighted by atomic mass is 35.5. The van der Waals surface area contributed by atoms with Crippen LogP contribution in [0.15, 0.2) is 48.5 Å². The van der Waals surface area contributed by atoms with Crippen molar-refractivity contribution in [3.05, 3.63) is 59.1 Å². The Balaban J connectivity index is 1.48. The van der Waals surface area contributed by atoms with Gasteiger partial charge in [0.15, 0.2) is 0 Å². The first-order valence-electron chi connectivity index (χ1n) is 9.61. The summed E-state index contributed by atoms with van der Waals surface area (Å²) in [6, 6.07) is 14.8. The van der Waals surface area contributed by atoms with Crippen molar-refractivity contribution < 1.29 is 9.59 Å². The minimum absolute atomic E-state index is 0.00452. The van der Waals surface area contributed by atoms with Gasteiger partial charge in [-0.1, -0.05) is 36.2 Å². The summed E-state index contributed by atoms with van der Waals surface area (Å²) in [5.41, 5.74) is 2.70. The second-order valence-electron chi connectivity index (χ2n) is 7.41. The Kier molecular flexibility index (Phi) is 6.57. The molecule has 28 heavy (non-hydrogen) atoms. The average Bonchev–Trinajstić information content (AvgIpc) is 2.71. The Morgan fingerprint density at radius 2 is 1.50 bits per heavy atom. The minimum atomic E-state index is -0.113. The number of nitrogens with zero attached hydrogens (tertiary/aromatic N) is 1. The van der Waals surface area contributed by atoms with E-state index >= 15 is 0 Å². The number of carbonyl (C=O) groups excluding carboxylic acids is 2. The van der Waals surface area contributed by atoms with Gasteiger partial charge in [-0.15, -0.1) is 0 Å². The molecular weight excluding hydrogens is 374 g/mol. The Hall–Kier alpha value is -2.53. The summed E-state index contributed by atoms with van der Waals surface area (Å²) in [6.07, 6.45) is 1.63. The second kappa shape index (κ2) is 9.11. The number of anilines is 2. The van der Waals surface area contributed by atoms with Crippen LogP contribution in [0.4, 0.5) is 16.2 Å². The molecule has 3 rings (SSSR count). The number of aryl methyl sites for hydroxylation is 1. The third kappa shape index (κ3) is 5.26. The van der Waals surface area contributed by atoms with Gasteiger partial charge in [-0.2, -0.15) is 0 Å². The van der Waals surface area contributed by atoms with Gasteiger partial charge in [0.05, 0.1) is 0 Å². The van der Waals surface area contributed by atoms with Gasteiger partial charge >= 0.3 is 6.03 Å². The molecule has 1 fully saturated rings. The standard InChI is InChI=1S/C22H26ClN3O2/c1-15-3-7-20(8-4-15)25-22(28)26-13-11-17(12-14-26)16(2)21(27)24-19-9-5-18(23)6-10-19/h3-10,16-17H,11-14H2,1-2H3,(H,24,27)(H,25,28)/t16-/m1/s1. The van der Waals surface area contributed by atoms with Crippen LogP contribution in [0.3, 0.4) is 0 Å². The molecule has 1 atom stereocenters. The zero-order valence-corrected chi connectivity index (χ0v) is 17.0. The summed E-state index contributed by atoms with van der Waals surface area (Å²) in [6.45, 7) is 5.28. The van der Waals surface area contributed by atoms with Crippen molar-refractivity contribution in [3.63, 3.8) is 0 Å². The maximum Gasteiger partial charge on any atom is 0.321 e. The van der Waals surface area contributed by atoms with Gasteiger partial charge < -0.3 is 15.5 Å². The number of rotatable bonds is 4. The first-order valence-corrected chi connectivity index (χ1v) is 9.99. The molecule has 1 aliphatic heterocycles.